The van der Waals surface area contributed by atoms with E-state index in [1.165, 1.54) is 0 Å². The minimum absolute atomic E-state index is 0.0906. The highest BCUT2D eigenvalue weighted by atomic mass is 31.2. The van der Waals surface area contributed by atoms with E-state index in [2.05, 4.69) is 0 Å². The summed E-state index contributed by atoms with van der Waals surface area (Å²) in [6, 6.07) is 27.8. The lowest BCUT2D eigenvalue weighted by atomic mass is 10.0. The molecule has 5 heteroatoms. The molecular weight excluding hydrogens is 395 g/mol. The Bertz CT molecular complexity index is 1300. The van der Waals surface area contributed by atoms with Crippen LogP contribution in [0.1, 0.15) is 0 Å². The average Bonchev–Trinajstić information content (AvgIpc) is 2.79. The minimum Gasteiger partial charge on any atom is -0.507 e. The Balaban J connectivity index is 1.74. The molecule has 0 radical (unpaired) electrons. The standard InChI is InChI=1S/C25H19O4P/c1-28-23-16-25(21(26)15-20(23)17-9-3-2-4-10-17)30(27)24-14-8-6-12-19(24)18-11-5-7-13-22(18)29-30/h2-16,26H,1H3. The van der Waals surface area contributed by atoms with Crippen LogP contribution in [0.2, 0.25) is 0 Å². The predicted molar refractivity (Wildman–Crippen MR) is 119 cm³/mol. The van der Waals surface area contributed by atoms with Gasteiger partial charge >= 0.3 is 7.37 Å². The minimum atomic E-state index is -3.61. The van der Waals surface area contributed by atoms with Crippen molar-refractivity contribution in [2.45, 2.75) is 0 Å². The maximum Gasteiger partial charge on any atom is 0.311 e. The molecule has 1 aliphatic rings. The van der Waals surface area contributed by atoms with E-state index in [0.29, 0.717) is 16.8 Å². The van der Waals surface area contributed by atoms with Crippen molar-refractivity contribution in [2.24, 2.45) is 0 Å². The number of para-hydroxylation sites is 1. The molecule has 1 aliphatic heterocycles. The van der Waals surface area contributed by atoms with Gasteiger partial charge in [0.15, 0.2) is 0 Å². The van der Waals surface area contributed by atoms with Crippen LogP contribution in [0.5, 0.6) is 17.2 Å². The third-order valence-electron chi connectivity index (χ3n) is 5.32. The second-order valence-electron chi connectivity index (χ2n) is 7.06. The number of hydrogen-bond acceptors (Lipinski definition) is 4. The van der Waals surface area contributed by atoms with Crippen molar-refractivity contribution in [3.63, 3.8) is 0 Å². The van der Waals surface area contributed by atoms with Crippen molar-refractivity contribution in [1.29, 1.82) is 0 Å². The average molecular weight is 414 g/mol. The highest BCUT2D eigenvalue weighted by Crippen LogP contribution is 2.55. The van der Waals surface area contributed by atoms with E-state index in [0.717, 1.165) is 22.3 Å². The summed E-state index contributed by atoms with van der Waals surface area (Å²) >= 11 is 0. The Morgan fingerprint density at radius 1 is 0.767 bits per heavy atom. The maximum absolute atomic E-state index is 14.3. The van der Waals surface area contributed by atoms with Gasteiger partial charge in [-0.1, -0.05) is 66.7 Å². The Kier molecular flexibility index (Phi) is 4.38. The third-order valence-corrected chi connectivity index (χ3v) is 7.79. The molecule has 1 heterocycles. The van der Waals surface area contributed by atoms with Gasteiger partial charge in [-0.25, -0.2) is 0 Å². The fraction of sp³-hybridized carbons (Fsp3) is 0.0400. The third kappa shape index (κ3) is 2.80. The number of ether oxygens (including phenoxy) is 1. The molecule has 0 bridgehead atoms. The van der Waals surface area contributed by atoms with Crippen LogP contribution >= 0.6 is 7.37 Å². The van der Waals surface area contributed by atoms with Crippen LogP contribution in [0.25, 0.3) is 22.3 Å². The number of benzene rings is 4. The molecule has 4 nitrogen and oxygen atoms in total. The van der Waals surface area contributed by atoms with Crippen LogP contribution in [0.15, 0.2) is 91.0 Å². The number of fused-ring (bicyclic) bond motifs is 3. The maximum atomic E-state index is 14.3. The zero-order valence-electron chi connectivity index (χ0n) is 16.3. The first kappa shape index (κ1) is 18.5. The molecule has 4 aromatic rings. The van der Waals surface area contributed by atoms with Crippen LogP contribution in [0.4, 0.5) is 0 Å². The zero-order valence-corrected chi connectivity index (χ0v) is 17.2. The largest absolute Gasteiger partial charge is 0.507 e. The molecule has 0 saturated heterocycles. The van der Waals surface area contributed by atoms with E-state index in [-0.39, 0.29) is 11.1 Å². The normalized spacial score (nSPS) is 16.8. The number of phenolic OH excluding ortho intramolecular Hbond substituents is 1. The lowest BCUT2D eigenvalue weighted by Crippen LogP contribution is -2.25. The summed E-state index contributed by atoms with van der Waals surface area (Å²) in [6.45, 7) is 0. The van der Waals surface area contributed by atoms with Crippen LogP contribution in [0.3, 0.4) is 0 Å². The van der Waals surface area contributed by atoms with Crippen molar-refractivity contribution >= 4 is 18.0 Å². The second-order valence-corrected chi connectivity index (χ2v) is 9.31. The summed E-state index contributed by atoms with van der Waals surface area (Å²) in [4.78, 5) is 0. The zero-order chi connectivity index (χ0) is 20.7. The molecule has 0 aromatic heterocycles. The molecule has 1 N–H and O–H groups in total. The SMILES string of the molecule is COc1cc(P2(=O)Oc3ccccc3-c3ccccc32)c(O)cc1-c1ccccc1. The molecule has 1 unspecified atom stereocenters. The van der Waals surface area contributed by atoms with Crippen LogP contribution in [0, 0.1) is 0 Å². The van der Waals surface area contributed by atoms with Crippen LogP contribution in [-0.4, -0.2) is 12.2 Å². The first-order chi connectivity index (χ1) is 14.6. The number of hydrogen-bond donors (Lipinski definition) is 1. The molecule has 0 fully saturated rings. The molecule has 5 rings (SSSR count). The summed E-state index contributed by atoms with van der Waals surface area (Å²) in [5.74, 6) is 0.960. The van der Waals surface area contributed by atoms with Gasteiger partial charge in [0.2, 0.25) is 0 Å². The van der Waals surface area contributed by atoms with Crippen LogP contribution < -0.4 is 19.9 Å². The first-order valence-corrected chi connectivity index (χ1v) is 11.2. The molecule has 148 valence electrons. The number of phenols is 1. The van der Waals surface area contributed by atoms with Crippen molar-refractivity contribution in [2.75, 3.05) is 7.11 Å². The lowest BCUT2D eigenvalue weighted by molar-refractivity contribution is 0.414. The van der Waals surface area contributed by atoms with Gasteiger partial charge in [-0.2, -0.15) is 0 Å². The van der Waals surface area contributed by atoms with Gasteiger partial charge in [0.1, 0.15) is 17.2 Å². The van der Waals surface area contributed by atoms with Gasteiger partial charge in [-0.3, -0.25) is 4.57 Å². The van der Waals surface area contributed by atoms with E-state index >= 15 is 0 Å². The first-order valence-electron chi connectivity index (χ1n) is 9.57. The second kappa shape index (κ2) is 7.08. The highest BCUT2D eigenvalue weighted by molar-refractivity contribution is 7.75. The van der Waals surface area contributed by atoms with Gasteiger partial charge in [0.05, 0.1) is 17.7 Å². The molecular formula is C25H19O4P. The van der Waals surface area contributed by atoms with Crippen molar-refractivity contribution in [1.82, 2.24) is 0 Å². The quantitative estimate of drug-likeness (QED) is 0.459. The van der Waals surface area contributed by atoms with E-state index in [4.69, 9.17) is 9.26 Å². The van der Waals surface area contributed by atoms with E-state index in [9.17, 15) is 9.67 Å². The summed E-state index contributed by atoms with van der Waals surface area (Å²) in [6.07, 6.45) is 0. The van der Waals surface area contributed by atoms with E-state index < -0.39 is 7.37 Å². The number of methoxy groups -OCH3 is 1. The highest BCUT2D eigenvalue weighted by Gasteiger charge is 2.40. The van der Waals surface area contributed by atoms with E-state index in [1.54, 1.807) is 31.4 Å². The van der Waals surface area contributed by atoms with Gasteiger partial charge in [-0.15, -0.1) is 0 Å². The molecule has 0 aliphatic carbocycles. The fourth-order valence-electron chi connectivity index (χ4n) is 3.90. The Morgan fingerprint density at radius 2 is 1.43 bits per heavy atom. The Labute approximate surface area is 174 Å². The van der Waals surface area contributed by atoms with Gasteiger partial charge in [0, 0.05) is 11.1 Å². The topological polar surface area (TPSA) is 55.8 Å². The monoisotopic (exact) mass is 414 g/mol. The van der Waals surface area contributed by atoms with Crippen molar-refractivity contribution < 1.29 is 18.9 Å². The molecule has 0 amide bonds. The predicted octanol–water partition coefficient (Wildman–Crippen LogP) is 5.36. The summed E-state index contributed by atoms with van der Waals surface area (Å²) in [5.41, 5.74) is 3.33. The Hall–Kier alpha value is -3.49. The molecule has 0 spiro atoms. The fourth-order valence-corrected chi connectivity index (χ4v) is 6.24. The molecule has 1 atom stereocenters. The number of aromatic hydroxyl groups is 1. The summed E-state index contributed by atoms with van der Waals surface area (Å²) in [5, 5.41) is 11.7. The van der Waals surface area contributed by atoms with Gasteiger partial charge < -0.3 is 14.4 Å². The smallest absolute Gasteiger partial charge is 0.311 e. The summed E-state index contributed by atoms with van der Waals surface area (Å²) < 4.78 is 26.0. The Morgan fingerprint density at radius 3 is 2.20 bits per heavy atom. The number of rotatable bonds is 3. The van der Waals surface area contributed by atoms with E-state index in [1.807, 2.05) is 66.7 Å². The van der Waals surface area contributed by atoms with Crippen molar-refractivity contribution in [3.8, 4) is 39.5 Å². The lowest BCUT2D eigenvalue weighted by Gasteiger charge is -2.29. The van der Waals surface area contributed by atoms with Crippen molar-refractivity contribution in [3.05, 3.63) is 91.0 Å². The van der Waals surface area contributed by atoms with Crippen LogP contribution in [-0.2, 0) is 4.57 Å². The summed E-state index contributed by atoms with van der Waals surface area (Å²) in [7, 11) is -2.05. The molecule has 4 aromatic carbocycles. The molecule has 30 heavy (non-hydrogen) atoms. The van der Waals surface area contributed by atoms with Gasteiger partial charge in [-0.05, 0) is 35.4 Å². The van der Waals surface area contributed by atoms with Gasteiger partial charge in [0.25, 0.3) is 0 Å². The molecule has 0 saturated carbocycles.